The fourth-order valence-electron chi connectivity index (χ4n) is 1.60. The molecule has 0 saturated carbocycles. The number of halogens is 2. The summed E-state index contributed by atoms with van der Waals surface area (Å²) in [7, 11) is 3.03. The summed E-state index contributed by atoms with van der Waals surface area (Å²) in [4.78, 5) is 12.3. The Kier molecular flexibility index (Phi) is 4.17. The normalized spacial score (nSPS) is 10.3. The molecule has 0 fully saturated rings. The molecule has 0 atom stereocenters. The first-order valence-corrected chi connectivity index (χ1v) is 6.45. The van der Waals surface area contributed by atoms with Crippen molar-refractivity contribution in [1.29, 1.82) is 0 Å². The Bertz CT molecular complexity index is 621. The highest BCUT2D eigenvalue weighted by Crippen LogP contribution is 2.34. The predicted octanol–water partition coefficient (Wildman–Crippen LogP) is 3.94. The van der Waals surface area contributed by atoms with Crippen molar-refractivity contribution >= 4 is 33.3 Å². The Morgan fingerprint density at radius 1 is 1.21 bits per heavy atom. The minimum atomic E-state index is -0.292. The lowest BCUT2D eigenvalue weighted by atomic mass is 10.1. The molecule has 0 unspecified atom stereocenters. The number of carbonyl (C=O) groups is 1. The quantitative estimate of drug-likeness (QED) is 0.787. The summed E-state index contributed by atoms with van der Waals surface area (Å²) in [5, 5.41) is 0.167. The van der Waals surface area contributed by atoms with E-state index >= 15 is 0 Å². The molecule has 4 nitrogen and oxygen atoms in total. The maximum atomic E-state index is 12.3. The van der Waals surface area contributed by atoms with Gasteiger partial charge < -0.3 is 13.9 Å². The van der Waals surface area contributed by atoms with Gasteiger partial charge in [0, 0.05) is 10.0 Å². The first-order valence-electron chi connectivity index (χ1n) is 5.28. The molecule has 1 aromatic heterocycles. The van der Waals surface area contributed by atoms with Crippen LogP contribution in [0.15, 0.2) is 33.2 Å². The van der Waals surface area contributed by atoms with Crippen LogP contribution >= 0.6 is 27.5 Å². The Morgan fingerprint density at radius 2 is 1.84 bits per heavy atom. The number of ketones is 1. The molecule has 19 heavy (non-hydrogen) atoms. The van der Waals surface area contributed by atoms with Crippen LogP contribution < -0.4 is 9.47 Å². The second-order valence-corrected chi connectivity index (χ2v) is 4.85. The number of methoxy groups -OCH3 is 2. The van der Waals surface area contributed by atoms with Crippen molar-refractivity contribution in [2.24, 2.45) is 0 Å². The molecular formula is C13H10BrClO4. The van der Waals surface area contributed by atoms with E-state index in [-0.39, 0.29) is 16.8 Å². The number of ether oxygens (including phenoxy) is 2. The van der Waals surface area contributed by atoms with Crippen LogP contribution in [-0.2, 0) is 0 Å². The molecule has 0 spiro atoms. The van der Waals surface area contributed by atoms with Gasteiger partial charge in [-0.2, -0.15) is 0 Å². The lowest BCUT2D eigenvalue weighted by Gasteiger charge is -2.10. The van der Waals surface area contributed by atoms with E-state index in [9.17, 15) is 4.79 Å². The van der Waals surface area contributed by atoms with Crippen LogP contribution in [0.2, 0.25) is 5.22 Å². The second kappa shape index (κ2) is 5.67. The molecule has 0 radical (unpaired) electrons. The fourth-order valence-corrected chi connectivity index (χ4v) is 2.25. The second-order valence-electron chi connectivity index (χ2n) is 3.62. The van der Waals surface area contributed by atoms with Crippen LogP contribution in [0, 0.1) is 0 Å². The van der Waals surface area contributed by atoms with E-state index in [1.807, 2.05) is 0 Å². The van der Waals surface area contributed by atoms with Crippen molar-refractivity contribution in [3.05, 3.63) is 45.3 Å². The van der Waals surface area contributed by atoms with Crippen LogP contribution in [0.4, 0.5) is 0 Å². The molecule has 0 aliphatic heterocycles. The van der Waals surface area contributed by atoms with Gasteiger partial charge in [-0.25, -0.2) is 0 Å². The van der Waals surface area contributed by atoms with Crippen LogP contribution in [0.1, 0.15) is 16.1 Å². The molecule has 0 aliphatic carbocycles. The van der Waals surface area contributed by atoms with Gasteiger partial charge in [-0.1, -0.05) is 0 Å². The third kappa shape index (κ3) is 2.77. The van der Waals surface area contributed by atoms with E-state index in [2.05, 4.69) is 15.9 Å². The summed E-state index contributed by atoms with van der Waals surface area (Å²) < 4.78 is 16.0. The van der Waals surface area contributed by atoms with Crippen molar-refractivity contribution < 1.29 is 18.7 Å². The molecule has 0 N–H and O–H groups in total. The van der Waals surface area contributed by atoms with Gasteiger partial charge in [0.15, 0.2) is 22.5 Å². The molecule has 6 heteroatoms. The summed E-state index contributed by atoms with van der Waals surface area (Å²) in [5.41, 5.74) is 0.406. The molecule has 100 valence electrons. The average molecular weight is 346 g/mol. The van der Waals surface area contributed by atoms with Crippen molar-refractivity contribution in [2.75, 3.05) is 14.2 Å². The third-order valence-corrected chi connectivity index (χ3v) is 3.37. The topological polar surface area (TPSA) is 48.7 Å². The minimum absolute atomic E-state index is 0.165. The average Bonchev–Trinajstić information content (AvgIpc) is 2.84. The summed E-state index contributed by atoms with van der Waals surface area (Å²) in [6.07, 6.45) is 0. The highest BCUT2D eigenvalue weighted by atomic mass is 79.9. The summed E-state index contributed by atoms with van der Waals surface area (Å²) >= 11 is 8.99. The van der Waals surface area contributed by atoms with Crippen LogP contribution in [0.5, 0.6) is 11.5 Å². The van der Waals surface area contributed by atoms with E-state index < -0.39 is 0 Å². The lowest BCUT2D eigenvalue weighted by Crippen LogP contribution is -2.02. The van der Waals surface area contributed by atoms with Gasteiger partial charge in [0.25, 0.3) is 0 Å². The van der Waals surface area contributed by atoms with Crippen molar-refractivity contribution in [1.82, 2.24) is 0 Å². The zero-order chi connectivity index (χ0) is 14.0. The molecule has 0 aliphatic rings. The summed E-state index contributed by atoms with van der Waals surface area (Å²) in [6.45, 7) is 0. The Morgan fingerprint density at radius 3 is 2.37 bits per heavy atom. The van der Waals surface area contributed by atoms with Gasteiger partial charge in [0.05, 0.1) is 14.2 Å². The summed E-state index contributed by atoms with van der Waals surface area (Å²) in [6, 6.07) is 6.29. The largest absolute Gasteiger partial charge is 0.493 e. The molecule has 1 aromatic carbocycles. The number of carbonyl (C=O) groups excluding carboxylic acids is 1. The maximum absolute atomic E-state index is 12.3. The number of benzene rings is 1. The van der Waals surface area contributed by atoms with Gasteiger partial charge in [-0.05, 0) is 51.8 Å². The van der Waals surface area contributed by atoms with E-state index in [0.717, 1.165) is 0 Å². The lowest BCUT2D eigenvalue weighted by molar-refractivity contribution is 0.101. The van der Waals surface area contributed by atoms with Gasteiger partial charge in [-0.3, -0.25) is 4.79 Å². The zero-order valence-electron chi connectivity index (χ0n) is 10.2. The van der Waals surface area contributed by atoms with Gasteiger partial charge >= 0.3 is 0 Å². The van der Waals surface area contributed by atoms with Crippen molar-refractivity contribution in [3.8, 4) is 11.5 Å². The van der Waals surface area contributed by atoms with E-state index in [1.165, 1.54) is 26.4 Å². The Hall–Kier alpha value is -1.46. The van der Waals surface area contributed by atoms with E-state index in [1.54, 1.807) is 12.1 Å². The van der Waals surface area contributed by atoms with Crippen molar-refractivity contribution in [2.45, 2.75) is 0 Å². The molecular weight excluding hydrogens is 335 g/mol. The smallest absolute Gasteiger partial charge is 0.229 e. The zero-order valence-corrected chi connectivity index (χ0v) is 12.5. The summed E-state index contributed by atoms with van der Waals surface area (Å²) in [5.74, 6) is 0.868. The van der Waals surface area contributed by atoms with Gasteiger partial charge in [0.1, 0.15) is 0 Å². The number of hydrogen-bond donors (Lipinski definition) is 0. The predicted molar refractivity (Wildman–Crippen MR) is 74.4 cm³/mol. The molecule has 0 saturated heterocycles. The van der Waals surface area contributed by atoms with E-state index in [4.69, 9.17) is 25.5 Å². The minimum Gasteiger partial charge on any atom is -0.493 e. The third-order valence-electron chi connectivity index (χ3n) is 2.51. The highest BCUT2D eigenvalue weighted by Gasteiger charge is 2.19. The Balaban J connectivity index is 2.47. The Labute approximate surface area is 123 Å². The number of furan rings is 1. The van der Waals surface area contributed by atoms with Crippen LogP contribution in [0.25, 0.3) is 0 Å². The van der Waals surface area contributed by atoms with Gasteiger partial charge in [0.2, 0.25) is 5.78 Å². The molecule has 0 amide bonds. The maximum Gasteiger partial charge on any atom is 0.229 e. The fraction of sp³-hybridized carbons (Fsp3) is 0.154. The van der Waals surface area contributed by atoms with E-state index in [0.29, 0.717) is 21.5 Å². The molecule has 0 bridgehead atoms. The van der Waals surface area contributed by atoms with Crippen molar-refractivity contribution in [3.63, 3.8) is 0 Å². The SMILES string of the molecule is COc1cc(Br)c(C(=O)c2ccc(Cl)o2)cc1OC. The molecule has 2 aromatic rings. The number of rotatable bonds is 4. The van der Waals surface area contributed by atoms with Gasteiger partial charge in [-0.15, -0.1) is 0 Å². The van der Waals surface area contributed by atoms with Crippen LogP contribution in [0.3, 0.4) is 0 Å². The number of hydrogen-bond acceptors (Lipinski definition) is 4. The monoisotopic (exact) mass is 344 g/mol. The molecule has 2 rings (SSSR count). The molecule has 1 heterocycles. The van der Waals surface area contributed by atoms with Crippen LogP contribution in [-0.4, -0.2) is 20.0 Å². The standard InChI is InChI=1S/C13H10BrClO4/c1-17-10-5-7(8(14)6-11(10)18-2)13(16)9-3-4-12(15)19-9/h3-6H,1-2H3. The first kappa shape index (κ1) is 14.0. The highest BCUT2D eigenvalue weighted by molar-refractivity contribution is 9.10. The first-order chi connectivity index (χ1) is 9.06.